The van der Waals surface area contributed by atoms with E-state index in [0.29, 0.717) is 19.4 Å². The molecular formula is C29H31N3O4. The predicted molar refractivity (Wildman–Crippen MR) is 137 cm³/mol. The molecule has 7 heteroatoms. The molecule has 0 bridgehead atoms. The van der Waals surface area contributed by atoms with Crippen molar-refractivity contribution in [2.24, 2.45) is 0 Å². The van der Waals surface area contributed by atoms with Crippen molar-refractivity contribution in [3.63, 3.8) is 0 Å². The maximum atomic E-state index is 13.6. The van der Waals surface area contributed by atoms with Gasteiger partial charge in [0, 0.05) is 6.54 Å². The number of carboxylic acid groups (broad SMARTS) is 1. The normalized spacial score (nSPS) is 16.4. The van der Waals surface area contributed by atoms with Crippen molar-refractivity contribution in [1.82, 2.24) is 15.5 Å². The summed E-state index contributed by atoms with van der Waals surface area (Å²) in [6.45, 7) is 0.373. The quantitative estimate of drug-likeness (QED) is 0.405. The second-order valence-corrected chi connectivity index (χ2v) is 8.97. The summed E-state index contributed by atoms with van der Waals surface area (Å²) in [5.41, 5.74) is 1.66. The molecule has 2 atom stereocenters. The van der Waals surface area contributed by atoms with Gasteiger partial charge >= 0.3 is 5.97 Å². The molecule has 3 N–H and O–H groups in total. The minimum atomic E-state index is -1.02. The fourth-order valence-electron chi connectivity index (χ4n) is 5.03. The van der Waals surface area contributed by atoms with Gasteiger partial charge in [-0.05, 0) is 36.6 Å². The maximum Gasteiger partial charge on any atom is 0.326 e. The number of hydrogen-bond donors (Lipinski definition) is 3. The lowest BCUT2D eigenvalue weighted by Crippen LogP contribution is -2.53. The third-order valence-corrected chi connectivity index (χ3v) is 6.80. The molecule has 2 amide bonds. The Morgan fingerprint density at radius 2 is 1.36 bits per heavy atom. The lowest BCUT2D eigenvalue weighted by molar-refractivity contribution is -0.149. The van der Waals surface area contributed by atoms with Crippen molar-refractivity contribution in [1.29, 1.82) is 0 Å². The molecule has 7 nitrogen and oxygen atoms in total. The van der Waals surface area contributed by atoms with Crippen LogP contribution in [0.25, 0.3) is 0 Å². The number of carbonyl (C=O) groups is 3. The zero-order chi connectivity index (χ0) is 25.5. The Bertz CT molecular complexity index is 1090. The van der Waals surface area contributed by atoms with Crippen molar-refractivity contribution in [2.45, 2.75) is 36.9 Å². The Hall–Kier alpha value is -3.97. The molecule has 0 spiro atoms. The number of amides is 2. The molecule has 4 rings (SSSR count). The fourth-order valence-corrected chi connectivity index (χ4v) is 5.03. The van der Waals surface area contributed by atoms with Crippen LogP contribution in [0.4, 0.5) is 0 Å². The molecule has 36 heavy (non-hydrogen) atoms. The average molecular weight is 486 g/mol. The van der Waals surface area contributed by atoms with Crippen LogP contribution < -0.4 is 10.6 Å². The highest BCUT2D eigenvalue weighted by atomic mass is 16.4. The number of hydrogen-bond acceptors (Lipinski definition) is 4. The topological polar surface area (TPSA) is 98.7 Å². The molecule has 0 aliphatic carbocycles. The molecule has 186 valence electrons. The van der Waals surface area contributed by atoms with E-state index >= 15 is 0 Å². The highest BCUT2D eigenvalue weighted by molar-refractivity contribution is 5.92. The van der Waals surface area contributed by atoms with E-state index < -0.39 is 23.6 Å². The lowest BCUT2D eigenvalue weighted by Gasteiger charge is -2.37. The van der Waals surface area contributed by atoms with Crippen LogP contribution in [0.15, 0.2) is 91.0 Å². The highest BCUT2D eigenvalue weighted by Crippen LogP contribution is 2.37. The standard InChI is InChI=1S/C29H31N3O4/c1-30-24(27(34)32-19-11-18-25(32)28(35)36)20-26(33)31-29(21-12-5-2-6-13-21,22-14-7-3-8-15-22)23-16-9-4-10-17-23/h2-10,12-17,24-25,30H,11,18-20H2,1H3,(H,31,33)(H,35,36)/t24-,25-/m0/s1. The molecule has 1 fully saturated rings. The molecule has 3 aromatic rings. The first kappa shape index (κ1) is 25.1. The number of benzene rings is 3. The van der Waals surface area contributed by atoms with Crippen molar-refractivity contribution >= 4 is 17.8 Å². The minimum absolute atomic E-state index is 0.133. The van der Waals surface area contributed by atoms with Gasteiger partial charge in [-0.25, -0.2) is 4.79 Å². The van der Waals surface area contributed by atoms with Gasteiger partial charge in [0.25, 0.3) is 0 Å². The molecule has 1 saturated heterocycles. The summed E-state index contributed by atoms with van der Waals surface area (Å²) in [6, 6.07) is 27.5. The van der Waals surface area contributed by atoms with Gasteiger partial charge in [-0.2, -0.15) is 0 Å². The molecule has 0 radical (unpaired) electrons. The smallest absolute Gasteiger partial charge is 0.326 e. The fraction of sp³-hybridized carbons (Fsp3) is 0.276. The van der Waals surface area contributed by atoms with Gasteiger partial charge in [-0.3, -0.25) is 9.59 Å². The molecule has 1 aliphatic heterocycles. The van der Waals surface area contributed by atoms with Crippen LogP contribution in [0.5, 0.6) is 0 Å². The van der Waals surface area contributed by atoms with Crippen molar-refractivity contribution < 1.29 is 19.5 Å². The Morgan fingerprint density at radius 3 is 1.78 bits per heavy atom. The number of likely N-dealkylation sites (tertiary alicyclic amines) is 1. The largest absolute Gasteiger partial charge is 0.480 e. The van der Waals surface area contributed by atoms with Gasteiger partial charge in [0.15, 0.2) is 0 Å². The van der Waals surface area contributed by atoms with Crippen LogP contribution >= 0.6 is 0 Å². The van der Waals surface area contributed by atoms with Gasteiger partial charge in [0.05, 0.1) is 12.5 Å². The summed E-state index contributed by atoms with van der Waals surface area (Å²) in [6.07, 6.45) is 0.916. The first-order valence-electron chi connectivity index (χ1n) is 12.2. The molecule has 3 aromatic carbocycles. The van der Waals surface area contributed by atoms with E-state index in [1.807, 2.05) is 91.0 Å². The Kier molecular flexibility index (Phi) is 7.80. The molecule has 0 unspecified atom stereocenters. The van der Waals surface area contributed by atoms with E-state index in [-0.39, 0.29) is 18.2 Å². The third-order valence-electron chi connectivity index (χ3n) is 6.80. The zero-order valence-electron chi connectivity index (χ0n) is 20.3. The molecule has 0 aromatic heterocycles. The summed E-state index contributed by atoms with van der Waals surface area (Å²) < 4.78 is 0. The SMILES string of the molecule is CN[C@@H](CC(=O)NC(c1ccccc1)(c1ccccc1)c1ccccc1)C(=O)N1CCC[C@H]1C(=O)O. The molecular weight excluding hydrogens is 454 g/mol. The Morgan fingerprint density at radius 1 is 0.889 bits per heavy atom. The van der Waals surface area contributed by atoms with Gasteiger partial charge in [0.2, 0.25) is 11.8 Å². The first-order chi connectivity index (χ1) is 17.5. The van der Waals surface area contributed by atoms with E-state index in [0.717, 1.165) is 16.7 Å². The number of likely N-dealkylation sites (N-methyl/N-ethyl adjacent to an activating group) is 1. The van der Waals surface area contributed by atoms with Crippen LogP contribution in [0.2, 0.25) is 0 Å². The summed E-state index contributed by atoms with van der Waals surface area (Å²) in [7, 11) is 1.61. The van der Waals surface area contributed by atoms with Crippen LogP contribution in [-0.2, 0) is 19.9 Å². The second-order valence-electron chi connectivity index (χ2n) is 8.97. The van der Waals surface area contributed by atoms with Gasteiger partial charge < -0.3 is 20.6 Å². The summed E-state index contributed by atoms with van der Waals surface area (Å²) >= 11 is 0. The highest BCUT2D eigenvalue weighted by Gasteiger charge is 2.40. The number of nitrogens with zero attached hydrogens (tertiary/aromatic N) is 1. The van der Waals surface area contributed by atoms with Crippen LogP contribution in [0.3, 0.4) is 0 Å². The van der Waals surface area contributed by atoms with E-state index in [2.05, 4.69) is 10.6 Å². The van der Waals surface area contributed by atoms with E-state index in [4.69, 9.17) is 0 Å². The average Bonchev–Trinajstić information content (AvgIpc) is 3.42. The minimum Gasteiger partial charge on any atom is -0.480 e. The number of carbonyl (C=O) groups excluding carboxylic acids is 2. The predicted octanol–water partition coefficient (Wildman–Crippen LogP) is 3.15. The number of nitrogens with one attached hydrogen (secondary N) is 2. The van der Waals surface area contributed by atoms with E-state index in [1.165, 1.54) is 4.90 Å². The summed E-state index contributed by atoms with van der Waals surface area (Å²) in [5, 5.41) is 15.7. The van der Waals surface area contributed by atoms with E-state index in [9.17, 15) is 19.5 Å². The van der Waals surface area contributed by atoms with Gasteiger partial charge in [0.1, 0.15) is 11.6 Å². The lowest BCUT2D eigenvalue weighted by atomic mass is 9.77. The first-order valence-corrected chi connectivity index (χ1v) is 12.2. The third kappa shape index (κ3) is 5.02. The monoisotopic (exact) mass is 485 g/mol. The zero-order valence-corrected chi connectivity index (χ0v) is 20.3. The van der Waals surface area contributed by atoms with Crippen molar-refractivity contribution in [3.8, 4) is 0 Å². The number of carboxylic acids is 1. The van der Waals surface area contributed by atoms with Crippen molar-refractivity contribution in [2.75, 3.05) is 13.6 Å². The van der Waals surface area contributed by atoms with Crippen LogP contribution in [-0.4, -0.2) is 53.5 Å². The van der Waals surface area contributed by atoms with Gasteiger partial charge in [-0.15, -0.1) is 0 Å². The Balaban J connectivity index is 1.69. The second kappa shape index (κ2) is 11.2. The summed E-state index contributed by atoms with van der Waals surface area (Å²) in [5.74, 6) is -1.72. The molecule has 0 saturated carbocycles. The number of rotatable bonds is 9. The van der Waals surface area contributed by atoms with E-state index in [1.54, 1.807) is 7.05 Å². The molecule has 1 heterocycles. The Labute approximate surface area is 211 Å². The number of aliphatic carboxylic acids is 1. The van der Waals surface area contributed by atoms with Gasteiger partial charge in [-0.1, -0.05) is 91.0 Å². The van der Waals surface area contributed by atoms with Crippen LogP contribution in [0, 0.1) is 0 Å². The summed E-state index contributed by atoms with van der Waals surface area (Å²) in [4.78, 5) is 39.9. The van der Waals surface area contributed by atoms with Crippen LogP contribution in [0.1, 0.15) is 36.0 Å². The maximum absolute atomic E-state index is 13.6. The molecule has 1 aliphatic rings. The van der Waals surface area contributed by atoms with Crippen molar-refractivity contribution in [3.05, 3.63) is 108 Å².